The van der Waals surface area contributed by atoms with Crippen molar-refractivity contribution in [3.8, 4) is 5.75 Å². The maximum absolute atomic E-state index is 12.4. The van der Waals surface area contributed by atoms with E-state index in [0.29, 0.717) is 17.9 Å². The Labute approximate surface area is 177 Å². The van der Waals surface area contributed by atoms with Gasteiger partial charge in [-0.1, -0.05) is 6.08 Å². The summed E-state index contributed by atoms with van der Waals surface area (Å²) >= 11 is 1.64. The van der Waals surface area contributed by atoms with Crippen molar-refractivity contribution in [3.63, 3.8) is 0 Å². The van der Waals surface area contributed by atoms with Gasteiger partial charge in [0.05, 0.1) is 6.61 Å². The molecule has 0 aliphatic heterocycles. The fourth-order valence-electron chi connectivity index (χ4n) is 2.87. The molecule has 0 aliphatic rings. The van der Waals surface area contributed by atoms with Gasteiger partial charge < -0.3 is 9.47 Å². The highest BCUT2D eigenvalue weighted by atomic mass is 32.2. The van der Waals surface area contributed by atoms with Gasteiger partial charge in [-0.05, 0) is 100 Å². The van der Waals surface area contributed by atoms with Gasteiger partial charge in [-0.3, -0.25) is 4.79 Å². The minimum Gasteiger partial charge on any atom is -0.476 e. The molecule has 0 aliphatic carbocycles. The first kappa shape index (κ1) is 22.8. The topological polar surface area (TPSA) is 52.6 Å². The van der Waals surface area contributed by atoms with Crippen LogP contribution in [-0.4, -0.2) is 30.2 Å². The zero-order valence-electron chi connectivity index (χ0n) is 17.9. The Morgan fingerprint density at radius 1 is 1.07 bits per heavy atom. The van der Waals surface area contributed by atoms with Gasteiger partial charge in [-0.2, -0.15) is 0 Å². The van der Waals surface area contributed by atoms with E-state index in [1.165, 1.54) is 0 Å². The summed E-state index contributed by atoms with van der Waals surface area (Å²) < 4.78 is 11.1. The molecule has 2 rings (SSSR count). The second-order valence-electron chi connectivity index (χ2n) is 7.24. The lowest BCUT2D eigenvalue weighted by Gasteiger charge is -2.26. The molecule has 0 unspecified atom stereocenters. The van der Waals surface area contributed by atoms with Gasteiger partial charge >= 0.3 is 5.97 Å². The Morgan fingerprint density at radius 3 is 2.17 bits per heavy atom. The molecule has 2 aromatic rings. The molecule has 0 spiro atoms. The third kappa shape index (κ3) is 5.97. The maximum Gasteiger partial charge on any atom is 0.349 e. The molecule has 4 nitrogen and oxygen atoms in total. The van der Waals surface area contributed by atoms with Crippen molar-refractivity contribution in [3.05, 3.63) is 64.7 Å². The minimum absolute atomic E-state index is 0.0447. The van der Waals surface area contributed by atoms with E-state index < -0.39 is 11.6 Å². The van der Waals surface area contributed by atoms with Gasteiger partial charge in [-0.15, -0.1) is 11.8 Å². The Morgan fingerprint density at radius 2 is 1.66 bits per heavy atom. The summed E-state index contributed by atoms with van der Waals surface area (Å²) in [5, 5.41) is 0. The van der Waals surface area contributed by atoms with Crippen molar-refractivity contribution < 1.29 is 19.1 Å². The third-order valence-corrected chi connectivity index (χ3v) is 5.15. The lowest BCUT2D eigenvalue weighted by molar-refractivity contribution is -0.158. The van der Waals surface area contributed by atoms with Crippen LogP contribution in [-0.2, 0) is 9.53 Å². The Hall–Kier alpha value is -2.53. The van der Waals surface area contributed by atoms with Crippen LogP contribution >= 0.6 is 11.8 Å². The number of hydrogen-bond acceptors (Lipinski definition) is 5. The van der Waals surface area contributed by atoms with Crippen LogP contribution in [0.1, 0.15) is 47.8 Å². The molecule has 0 heterocycles. The van der Waals surface area contributed by atoms with Gasteiger partial charge in [0.2, 0.25) is 0 Å². The number of thioether (sulfide) groups is 1. The molecule has 0 N–H and O–H groups in total. The number of allylic oxidation sites excluding steroid dienone is 1. The van der Waals surface area contributed by atoms with Crippen LogP contribution in [0.4, 0.5) is 0 Å². The summed E-state index contributed by atoms with van der Waals surface area (Å²) in [5.41, 5.74) is 2.25. The van der Waals surface area contributed by atoms with Crippen molar-refractivity contribution in [2.45, 2.75) is 45.1 Å². The van der Waals surface area contributed by atoms with Crippen molar-refractivity contribution in [2.24, 2.45) is 0 Å². The first-order chi connectivity index (χ1) is 13.7. The summed E-state index contributed by atoms with van der Waals surface area (Å²) in [6.07, 6.45) is 5.37. The van der Waals surface area contributed by atoms with E-state index in [0.717, 1.165) is 21.6 Å². The first-order valence-corrected chi connectivity index (χ1v) is 10.7. The van der Waals surface area contributed by atoms with E-state index >= 15 is 0 Å². The largest absolute Gasteiger partial charge is 0.476 e. The SMILES string of the molecule is CCOC(=O)C(C)(C)Oc1c(C)cc(C=CC(=O)c2ccc(SC)cc2)cc1C. The third-order valence-electron chi connectivity index (χ3n) is 4.41. The molecule has 0 saturated heterocycles. The average Bonchev–Trinajstić information content (AvgIpc) is 2.69. The lowest BCUT2D eigenvalue weighted by atomic mass is 10.0. The van der Waals surface area contributed by atoms with Crippen LogP contribution in [0.2, 0.25) is 0 Å². The van der Waals surface area contributed by atoms with Crippen LogP contribution in [0.3, 0.4) is 0 Å². The van der Waals surface area contributed by atoms with Gasteiger partial charge in [0.1, 0.15) is 5.75 Å². The summed E-state index contributed by atoms with van der Waals surface area (Å²) in [7, 11) is 0. The zero-order chi connectivity index (χ0) is 21.6. The van der Waals surface area contributed by atoms with E-state index in [9.17, 15) is 9.59 Å². The Bertz CT molecular complexity index is 888. The molecule has 154 valence electrons. The van der Waals surface area contributed by atoms with Crippen LogP contribution < -0.4 is 4.74 Å². The second-order valence-corrected chi connectivity index (χ2v) is 8.12. The molecule has 2 aromatic carbocycles. The number of carbonyl (C=O) groups excluding carboxylic acids is 2. The molecular weight excluding hydrogens is 384 g/mol. The molecule has 0 atom stereocenters. The van der Waals surface area contributed by atoms with E-state index in [4.69, 9.17) is 9.47 Å². The predicted molar refractivity (Wildman–Crippen MR) is 119 cm³/mol. The number of benzene rings is 2. The molecule has 0 radical (unpaired) electrons. The lowest BCUT2D eigenvalue weighted by Crippen LogP contribution is -2.40. The quantitative estimate of drug-likeness (QED) is 0.243. The highest BCUT2D eigenvalue weighted by molar-refractivity contribution is 7.98. The molecule has 0 aromatic heterocycles. The monoisotopic (exact) mass is 412 g/mol. The summed E-state index contributed by atoms with van der Waals surface area (Å²) in [6.45, 7) is 9.30. The van der Waals surface area contributed by atoms with E-state index in [1.807, 2.05) is 56.5 Å². The van der Waals surface area contributed by atoms with Gasteiger partial charge in [-0.25, -0.2) is 4.79 Å². The molecule has 0 fully saturated rings. The van der Waals surface area contributed by atoms with Crippen molar-refractivity contribution in [2.75, 3.05) is 12.9 Å². The molecular formula is C24H28O4S. The Kier molecular flexibility index (Phi) is 7.68. The molecule has 0 amide bonds. The number of ketones is 1. The summed E-state index contributed by atoms with van der Waals surface area (Å²) in [5.74, 6) is 0.205. The number of carbonyl (C=O) groups is 2. The van der Waals surface area contributed by atoms with Crippen LogP contribution in [0, 0.1) is 13.8 Å². The fourth-order valence-corrected chi connectivity index (χ4v) is 3.27. The fraction of sp³-hybridized carbons (Fsp3) is 0.333. The summed E-state index contributed by atoms with van der Waals surface area (Å²) in [4.78, 5) is 25.6. The average molecular weight is 413 g/mol. The zero-order valence-corrected chi connectivity index (χ0v) is 18.7. The van der Waals surface area contributed by atoms with Crippen molar-refractivity contribution >= 4 is 29.6 Å². The number of ether oxygens (including phenoxy) is 2. The smallest absolute Gasteiger partial charge is 0.349 e. The molecule has 0 saturated carbocycles. The minimum atomic E-state index is -1.08. The van der Waals surface area contributed by atoms with E-state index in [1.54, 1.807) is 44.7 Å². The highest BCUT2D eigenvalue weighted by Gasteiger charge is 2.32. The predicted octanol–water partition coefficient (Wildman–Crippen LogP) is 5.64. The normalized spacial score (nSPS) is 11.5. The number of rotatable bonds is 8. The number of aryl methyl sites for hydroxylation is 2. The number of hydrogen-bond donors (Lipinski definition) is 0. The maximum atomic E-state index is 12.4. The molecule has 0 bridgehead atoms. The Balaban J connectivity index is 2.18. The van der Waals surface area contributed by atoms with Crippen LogP contribution in [0.5, 0.6) is 5.75 Å². The second kappa shape index (κ2) is 9.79. The van der Waals surface area contributed by atoms with E-state index in [2.05, 4.69) is 0 Å². The molecule has 29 heavy (non-hydrogen) atoms. The highest BCUT2D eigenvalue weighted by Crippen LogP contribution is 2.29. The van der Waals surface area contributed by atoms with Crippen LogP contribution in [0.15, 0.2) is 47.4 Å². The van der Waals surface area contributed by atoms with Crippen LogP contribution in [0.25, 0.3) is 6.08 Å². The van der Waals surface area contributed by atoms with Crippen molar-refractivity contribution in [1.29, 1.82) is 0 Å². The number of esters is 1. The van der Waals surface area contributed by atoms with Crippen molar-refractivity contribution in [1.82, 2.24) is 0 Å². The van der Waals surface area contributed by atoms with E-state index in [-0.39, 0.29) is 5.78 Å². The van der Waals surface area contributed by atoms with Gasteiger partial charge in [0, 0.05) is 10.5 Å². The molecule has 5 heteroatoms. The van der Waals surface area contributed by atoms with Gasteiger partial charge in [0.25, 0.3) is 0 Å². The van der Waals surface area contributed by atoms with Gasteiger partial charge in [0.15, 0.2) is 11.4 Å². The first-order valence-electron chi connectivity index (χ1n) is 9.52. The summed E-state index contributed by atoms with van der Waals surface area (Å²) in [6, 6.07) is 11.4. The standard InChI is InChI=1S/C24H28O4S/c1-7-27-23(26)24(4,5)28-22-16(2)14-18(15-17(22)3)8-13-21(25)19-9-11-20(29-6)12-10-19/h8-15H,7H2,1-6H3.